The Morgan fingerprint density at radius 2 is 1.87 bits per heavy atom. The highest BCUT2D eigenvalue weighted by molar-refractivity contribution is 7.92. The summed E-state index contributed by atoms with van der Waals surface area (Å²) in [5, 5.41) is 0. The maximum Gasteiger partial charge on any atom is 0.271 e. The summed E-state index contributed by atoms with van der Waals surface area (Å²) < 4.78 is 32.3. The highest BCUT2D eigenvalue weighted by atomic mass is 32.2. The zero-order valence-electron chi connectivity index (χ0n) is 12.4. The van der Waals surface area contributed by atoms with Crippen LogP contribution >= 0.6 is 0 Å². The van der Waals surface area contributed by atoms with Gasteiger partial charge in [0.2, 0.25) is 0 Å². The molecule has 2 aromatic carbocycles. The number of carbonyl (C=O) groups is 1. The van der Waals surface area contributed by atoms with E-state index in [1.54, 1.807) is 18.2 Å². The van der Waals surface area contributed by atoms with Gasteiger partial charge in [0, 0.05) is 5.69 Å². The summed E-state index contributed by atoms with van der Waals surface area (Å²) in [6.45, 7) is 1.63. The van der Waals surface area contributed by atoms with Crippen LogP contribution in [0.25, 0.3) is 0 Å². The molecule has 0 saturated carbocycles. The Kier molecular flexibility index (Phi) is 5.20. The molecule has 2 aromatic rings. The normalized spacial score (nSPS) is 10.9. The quantitative estimate of drug-likeness (QED) is 0.417. The number of hydrogen-bond donors (Lipinski definition) is 3. The first-order chi connectivity index (χ1) is 10.9. The van der Waals surface area contributed by atoms with E-state index in [1.165, 1.54) is 24.3 Å². The number of aryl methyl sites for hydroxylation is 1. The molecule has 4 N–H and O–H groups in total. The third-order valence-electron chi connectivity index (χ3n) is 2.94. The van der Waals surface area contributed by atoms with E-state index in [4.69, 9.17) is 10.6 Å². The summed E-state index contributed by atoms with van der Waals surface area (Å²) in [4.78, 5) is 11.1. The second kappa shape index (κ2) is 7.12. The zero-order valence-corrected chi connectivity index (χ0v) is 13.3. The first-order valence-electron chi connectivity index (χ1n) is 6.72. The number of carbonyl (C=O) groups excluding carboxylic acids is 1. The molecule has 0 bridgehead atoms. The summed E-state index contributed by atoms with van der Waals surface area (Å²) in [7, 11) is -3.69. The van der Waals surface area contributed by atoms with Gasteiger partial charge >= 0.3 is 0 Å². The van der Waals surface area contributed by atoms with E-state index < -0.39 is 15.9 Å². The van der Waals surface area contributed by atoms with E-state index >= 15 is 0 Å². The van der Waals surface area contributed by atoms with Gasteiger partial charge in [-0.05, 0) is 48.9 Å². The van der Waals surface area contributed by atoms with Crippen molar-refractivity contribution in [3.63, 3.8) is 0 Å². The molecule has 0 spiro atoms. The SMILES string of the molecule is Cc1cccc(NS(=O)(=O)c2ccc(OCC(=O)NN)cc2)c1. The Bertz CT molecular complexity index is 789. The van der Waals surface area contributed by atoms with Crippen molar-refractivity contribution in [3.05, 3.63) is 54.1 Å². The number of amides is 1. The number of hydrogen-bond acceptors (Lipinski definition) is 5. The van der Waals surface area contributed by atoms with Crippen LogP contribution in [0.2, 0.25) is 0 Å². The molecule has 0 aliphatic carbocycles. The second-order valence-corrected chi connectivity index (χ2v) is 6.48. The molecule has 2 rings (SSSR count). The van der Waals surface area contributed by atoms with Gasteiger partial charge in [0.25, 0.3) is 15.9 Å². The minimum absolute atomic E-state index is 0.0923. The minimum atomic E-state index is -3.69. The van der Waals surface area contributed by atoms with Crippen LogP contribution in [0.4, 0.5) is 5.69 Å². The molecular formula is C15H17N3O4S. The maximum atomic E-state index is 12.3. The lowest BCUT2D eigenvalue weighted by molar-refractivity contribution is -0.123. The third-order valence-corrected chi connectivity index (χ3v) is 4.33. The Balaban J connectivity index is 2.09. The van der Waals surface area contributed by atoms with E-state index in [-0.39, 0.29) is 11.5 Å². The summed E-state index contributed by atoms with van der Waals surface area (Å²) in [6, 6.07) is 12.8. The highest BCUT2D eigenvalue weighted by Crippen LogP contribution is 2.19. The lowest BCUT2D eigenvalue weighted by atomic mass is 10.2. The molecule has 7 nitrogen and oxygen atoms in total. The van der Waals surface area contributed by atoms with E-state index in [2.05, 4.69) is 4.72 Å². The molecule has 0 radical (unpaired) electrons. The molecule has 0 aliphatic rings. The first-order valence-corrected chi connectivity index (χ1v) is 8.21. The Labute approximate surface area is 134 Å². The van der Waals surface area contributed by atoms with Crippen molar-refractivity contribution in [2.24, 2.45) is 5.84 Å². The van der Waals surface area contributed by atoms with Gasteiger partial charge in [0.05, 0.1) is 4.90 Å². The molecule has 0 saturated heterocycles. The Hall–Kier alpha value is -2.58. The molecule has 122 valence electrons. The molecule has 8 heteroatoms. The molecule has 1 amide bonds. The number of anilines is 1. The van der Waals surface area contributed by atoms with E-state index in [0.717, 1.165) is 5.56 Å². The molecule has 0 heterocycles. The van der Waals surface area contributed by atoms with Crippen LogP contribution in [0, 0.1) is 6.92 Å². The molecule has 0 atom stereocenters. The van der Waals surface area contributed by atoms with E-state index in [9.17, 15) is 13.2 Å². The molecule has 0 fully saturated rings. The standard InChI is InChI=1S/C15H17N3O4S/c1-11-3-2-4-12(9-11)18-23(20,21)14-7-5-13(6-8-14)22-10-15(19)17-16/h2-9,18H,10,16H2,1H3,(H,17,19). The van der Waals surface area contributed by atoms with Crippen molar-refractivity contribution in [1.29, 1.82) is 0 Å². The number of benzene rings is 2. The fraction of sp³-hybridized carbons (Fsp3) is 0.133. The topological polar surface area (TPSA) is 111 Å². The van der Waals surface area contributed by atoms with Crippen LogP contribution in [0.15, 0.2) is 53.4 Å². The van der Waals surface area contributed by atoms with E-state index in [0.29, 0.717) is 11.4 Å². The molecule has 23 heavy (non-hydrogen) atoms. The minimum Gasteiger partial charge on any atom is -0.484 e. The second-order valence-electron chi connectivity index (χ2n) is 4.80. The fourth-order valence-corrected chi connectivity index (χ4v) is 2.88. The van der Waals surface area contributed by atoms with Crippen LogP contribution < -0.4 is 20.7 Å². The van der Waals surface area contributed by atoms with Gasteiger partial charge in [0.15, 0.2) is 6.61 Å². The number of nitrogens with two attached hydrogens (primary N) is 1. The monoisotopic (exact) mass is 335 g/mol. The van der Waals surface area contributed by atoms with Gasteiger partial charge in [-0.15, -0.1) is 0 Å². The van der Waals surface area contributed by atoms with Crippen molar-refractivity contribution >= 4 is 21.6 Å². The van der Waals surface area contributed by atoms with E-state index in [1.807, 2.05) is 18.4 Å². The average molecular weight is 335 g/mol. The van der Waals surface area contributed by atoms with Gasteiger partial charge in [-0.3, -0.25) is 14.9 Å². The first kappa shape index (κ1) is 16.8. The summed E-state index contributed by atoms with van der Waals surface area (Å²) >= 11 is 0. The van der Waals surface area contributed by atoms with Crippen LogP contribution in [-0.4, -0.2) is 20.9 Å². The number of nitrogens with one attached hydrogen (secondary N) is 2. The van der Waals surface area contributed by atoms with Crippen molar-refractivity contribution < 1.29 is 17.9 Å². The highest BCUT2D eigenvalue weighted by Gasteiger charge is 2.14. The lowest BCUT2D eigenvalue weighted by Crippen LogP contribution is -2.34. The molecule has 0 unspecified atom stereocenters. The largest absolute Gasteiger partial charge is 0.484 e. The van der Waals surface area contributed by atoms with Crippen LogP contribution in [0.3, 0.4) is 0 Å². The van der Waals surface area contributed by atoms with Gasteiger partial charge in [-0.1, -0.05) is 12.1 Å². The Morgan fingerprint density at radius 1 is 1.17 bits per heavy atom. The third kappa shape index (κ3) is 4.70. The smallest absolute Gasteiger partial charge is 0.271 e. The van der Waals surface area contributed by atoms with Crippen molar-refractivity contribution in [3.8, 4) is 5.75 Å². The van der Waals surface area contributed by atoms with Gasteiger partial charge in [-0.25, -0.2) is 14.3 Å². The maximum absolute atomic E-state index is 12.3. The van der Waals surface area contributed by atoms with Crippen LogP contribution in [0.1, 0.15) is 5.56 Å². The Morgan fingerprint density at radius 3 is 2.48 bits per heavy atom. The van der Waals surface area contributed by atoms with Crippen LogP contribution in [-0.2, 0) is 14.8 Å². The van der Waals surface area contributed by atoms with Gasteiger partial charge in [-0.2, -0.15) is 0 Å². The number of sulfonamides is 1. The van der Waals surface area contributed by atoms with Gasteiger partial charge in [0.1, 0.15) is 5.75 Å². The van der Waals surface area contributed by atoms with Crippen molar-refractivity contribution in [2.45, 2.75) is 11.8 Å². The number of rotatable bonds is 6. The molecule has 0 aromatic heterocycles. The zero-order chi connectivity index (χ0) is 16.9. The lowest BCUT2D eigenvalue weighted by Gasteiger charge is -2.10. The summed E-state index contributed by atoms with van der Waals surface area (Å²) in [5.41, 5.74) is 3.37. The fourth-order valence-electron chi connectivity index (χ4n) is 1.83. The van der Waals surface area contributed by atoms with Crippen molar-refractivity contribution in [2.75, 3.05) is 11.3 Å². The predicted octanol–water partition coefficient (Wildman–Crippen LogP) is 1.16. The van der Waals surface area contributed by atoms with Gasteiger partial charge < -0.3 is 4.74 Å². The van der Waals surface area contributed by atoms with Crippen LogP contribution in [0.5, 0.6) is 5.75 Å². The number of ether oxygens (including phenoxy) is 1. The summed E-state index contributed by atoms with van der Waals surface area (Å²) in [6.07, 6.45) is 0. The van der Waals surface area contributed by atoms with Crippen molar-refractivity contribution in [1.82, 2.24) is 5.43 Å². The average Bonchev–Trinajstić information content (AvgIpc) is 2.52. The molecular weight excluding hydrogens is 318 g/mol. The summed E-state index contributed by atoms with van der Waals surface area (Å²) in [5.74, 6) is 4.81. The molecule has 0 aliphatic heterocycles. The number of hydrazine groups is 1. The predicted molar refractivity (Wildman–Crippen MR) is 86.3 cm³/mol.